The monoisotopic (exact) mass is 721 g/mol. The number of hydrogen-bond acceptors (Lipinski definition) is 6. The summed E-state index contributed by atoms with van der Waals surface area (Å²) in [5.74, 6) is -3.19. The molecule has 0 spiro atoms. The molecular formula is C38H42F3N5O6. The van der Waals surface area contributed by atoms with Crippen LogP contribution >= 0.6 is 0 Å². The van der Waals surface area contributed by atoms with Crippen molar-refractivity contribution in [2.75, 3.05) is 11.9 Å². The van der Waals surface area contributed by atoms with Gasteiger partial charge in [-0.05, 0) is 112 Å². The molecule has 52 heavy (non-hydrogen) atoms. The number of alkyl halides is 3. The van der Waals surface area contributed by atoms with E-state index in [0.29, 0.717) is 32.2 Å². The van der Waals surface area contributed by atoms with E-state index in [0.717, 1.165) is 22.3 Å². The lowest BCUT2D eigenvalue weighted by Gasteiger charge is -2.29. The van der Waals surface area contributed by atoms with Crippen LogP contribution in [0.1, 0.15) is 73.8 Å². The van der Waals surface area contributed by atoms with E-state index in [4.69, 9.17) is 4.74 Å². The van der Waals surface area contributed by atoms with Crippen molar-refractivity contribution in [1.82, 2.24) is 20.6 Å². The minimum absolute atomic E-state index is 0.0833. The van der Waals surface area contributed by atoms with Gasteiger partial charge in [-0.15, -0.1) is 0 Å². The number of nitrogens with zero attached hydrogens (tertiary/aromatic N) is 1. The van der Waals surface area contributed by atoms with Gasteiger partial charge in [0.25, 0.3) is 0 Å². The minimum Gasteiger partial charge on any atom is -0.478 e. The molecule has 5 N–H and O–H groups in total. The third kappa shape index (κ3) is 9.89. The Morgan fingerprint density at radius 2 is 1.65 bits per heavy atom. The van der Waals surface area contributed by atoms with Gasteiger partial charge in [-0.25, -0.2) is 14.6 Å². The molecule has 1 unspecified atom stereocenters. The van der Waals surface area contributed by atoms with Crippen LogP contribution in [0, 0.1) is 18.8 Å². The first-order valence-electron chi connectivity index (χ1n) is 17.0. The highest BCUT2D eigenvalue weighted by Gasteiger charge is 2.35. The number of carboxylic acids is 1. The van der Waals surface area contributed by atoms with E-state index in [2.05, 4.69) is 25.9 Å². The number of carboxylic acid groups (broad SMARTS) is 1. The average Bonchev–Trinajstić information content (AvgIpc) is 3.51. The molecule has 0 saturated heterocycles. The number of carbonyl (C=O) groups is 4. The Morgan fingerprint density at radius 3 is 2.27 bits per heavy atom. The largest absolute Gasteiger partial charge is 0.478 e. The lowest BCUT2D eigenvalue weighted by Crippen LogP contribution is -2.48. The predicted octanol–water partition coefficient (Wildman–Crippen LogP) is 7.25. The Hall–Kier alpha value is -5.40. The van der Waals surface area contributed by atoms with Crippen LogP contribution in [0.25, 0.3) is 22.2 Å². The topological polar surface area (TPSA) is 163 Å². The molecule has 3 aromatic carbocycles. The third-order valence-electron chi connectivity index (χ3n) is 8.98. The highest BCUT2D eigenvalue weighted by Crippen LogP contribution is 2.31. The van der Waals surface area contributed by atoms with Crippen molar-refractivity contribution in [3.63, 3.8) is 0 Å². The number of H-pyrrole nitrogens is 1. The number of anilines is 1. The van der Waals surface area contributed by atoms with Crippen molar-refractivity contribution < 1.29 is 42.2 Å². The van der Waals surface area contributed by atoms with Crippen LogP contribution in [0.5, 0.6) is 0 Å². The average molecular weight is 722 g/mol. The summed E-state index contributed by atoms with van der Waals surface area (Å²) in [6.45, 7) is 7.61. The molecule has 1 saturated carbocycles. The van der Waals surface area contributed by atoms with Gasteiger partial charge in [0.15, 0.2) is 0 Å². The van der Waals surface area contributed by atoms with Crippen molar-refractivity contribution in [3.8, 4) is 11.1 Å². The highest BCUT2D eigenvalue weighted by molar-refractivity contribution is 5.99. The first kappa shape index (κ1) is 37.8. The summed E-state index contributed by atoms with van der Waals surface area (Å²) in [5.41, 5.74) is 3.17. The highest BCUT2D eigenvalue weighted by atomic mass is 19.4. The SMILES string of the molecule is Cc1cc(C(=O)O)ccc1-c1ccc(CC(NC(=O)C2CCC(CNC(=O)OC(C)(C)C)CC2)C(=O)Nc2ccc3nc(C(F)(F)F)[nH]c3c2)cc1. The number of nitrogens with one attached hydrogen (secondary N) is 4. The standard InChI is InChI=1S/C38H42F3N5O6/c1-21-17-26(34(49)50)13-15-28(21)24-9-5-22(6-10-24)18-31(33(48)43-27-14-16-29-30(19-27)46-35(45-29)38(39,40)41)44-32(47)25-11-7-23(8-12-25)20-42-36(51)52-37(2,3)4/h5-6,9-10,13-17,19,23,25,31H,7-8,11-12,18,20H2,1-4H3,(H,42,51)(H,43,48)(H,44,47)(H,45,46)(H,49,50). The number of ether oxygens (including phenoxy) is 1. The van der Waals surface area contributed by atoms with Gasteiger partial charge in [0.05, 0.1) is 16.6 Å². The van der Waals surface area contributed by atoms with Gasteiger partial charge in [0.1, 0.15) is 11.6 Å². The van der Waals surface area contributed by atoms with Crippen molar-refractivity contribution in [1.29, 1.82) is 0 Å². The van der Waals surface area contributed by atoms with E-state index in [9.17, 15) is 37.5 Å². The molecule has 3 amide bonds. The summed E-state index contributed by atoms with van der Waals surface area (Å²) in [5, 5.41) is 17.8. The number of aromatic carboxylic acids is 1. The molecule has 1 fully saturated rings. The summed E-state index contributed by atoms with van der Waals surface area (Å²) in [7, 11) is 0. The van der Waals surface area contributed by atoms with Crippen LogP contribution < -0.4 is 16.0 Å². The number of carbonyl (C=O) groups excluding carboxylic acids is 3. The second-order valence-corrected chi connectivity index (χ2v) is 14.2. The maximum atomic E-state index is 13.7. The fourth-order valence-electron chi connectivity index (χ4n) is 6.30. The first-order chi connectivity index (χ1) is 24.4. The number of imidazole rings is 1. The summed E-state index contributed by atoms with van der Waals surface area (Å²) in [6, 6.07) is 15.4. The van der Waals surface area contributed by atoms with E-state index in [-0.39, 0.29) is 46.4 Å². The molecule has 5 rings (SSSR count). The van der Waals surface area contributed by atoms with E-state index in [1.165, 1.54) is 24.3 Å². The quantitative estimate of drug-likeness (QED) is 0.115. The van der Waals surface area contributed by atoms with Gasteiger partial charge < -0.3 is 30.8 Å². The Labute approximate surface area is 298 Å². The zero-order valence-electron chi connectivity index (χ0n) is 29.3. The van der Waals surface area contributed by atoms with E-state index >= 15 is 0 Å². The third-order valence-corrected chi connectivity index (χ3v) is 8.98. The maximum Gasteiger partial charge on any atom is 0.449 e. The molecule has 1 aliphatic rings. The van der Waals surface area contributed by atoms with E-state index in [1.807, 2.05) is 31.2 Å². The number of amides is 3. The van der Waals surface area contributed by atoms with Gasteiger partial charge >= 0.3 is 18.2 Å². The van der Waals surface area contributed by atoms with Crippen molar-refractivity contribution in [2.24, 2.45) is 11.8 Å². The number of alkyl carbamates (subject to hydrolysis) is 1. The molecule has 276 valence electrons. The Morgan fingerprint density at radius 1 is 0.962 bits per heavy atom. The molecular weight excluding hydrogens is 679 g/mol. The number of fused-ring (bicyclic) bond motifs is 1. The molecule has 0 bridgehead atoms. The number of aryl methyl sites for hydroxylation is 1. The molecule has 1 atom stereocenters. The van der Waals surface area contributed by atoms with E-state index < -0.39 is 41.6 Å². The van der Waals surface area contributed by atoms with E-state index in [1.54, 1.807) is 32.9 Å². The van der Waals surface area contributed by atoms with Crippen LogP contribution in [0.3, 0.4) is 0 Å². The molecule has 1 aliphatic carbocycles. The molecule has 11 nitrogen and oxygen atoms in total. The Bertz CT molecular complexity index is 1940. The fourth-order valence-corrected chi connectivity index (χ4v) is 6.30. The van der Waals surface area contributed by atoms with Gasteiger partial charge in [-0.2, -0.15) is 13.2 Å². The van der Waals surface area contributed by atoms with Crippen LogP contribution in [0.2, 0.25) is 0 Å². The summed E-state index contributed by atoms with van der Waals surface area (Å²) in [4.78, 5) is 56.5. The normalized spacial score (nSPS) is 16.9. The lowest BCUT2D eigenvalue weighted by atomic mass is 9.81. The number of hydrogen-bond donors (Lipinski definition) is 5. The Kier molecular flexibility index (Phi) is 11.3. The van der Waals surface area contributed by atoms with Crippen molar-refractivity contribution in [3.05, 3.63) is 83.2 Å². The van der Waals surface area contributed by atoms with Crippen molar-refractivity contribution in [2.45, 2.75) is 77.6 Å². The predicted molar refractivity (Wildman–Crippen MR) is 189 cm³/mol. The maximum absolute atomic E-state index is 13.7. The zero-order valence-corrected chi connectivity index (χ0v) is 29.3. The van der Waals surface area contributed by atoms with Crippen LogP contribution in [0.4, 0.5) is 23.7 Å². The van der Waals surface area contributed by atoms with Gasteiger partial charge in [0, 0.05) is 24.6 Å². The molecule has 14 heteroatoms. The number of benzene rings is 3. The first-order valence-corrected chi connectivity index (χ1v) is 17.0. The number of aromatic amines is 1. The number of rotatable bonds is 10. The molecule has 4 aromatic rings. The number of halogens is 3. The van der Waals surface area contributed by atoms with Crippen LogP contribution in [0.15, 0.2) is 60.7 Å². The second kappa shape index (κ2) is 15.5. The zero-order chi connectivity index (χ0) is 37.8. The van der Waals surface area contributed by atoms with Gasteiger partial charge in [0.2, 0.25) is 17.6 Å². The van der Waals surface area contributed by atoms with Crippen LogP contribution in [-0.4, -0.2) is 57.1 Å². The molecule has 0 aliphatic heterocycles. The summed E-state index contributed by atoms with van der Waals surface area (Å²) in [6.07, 6.45) is -2.52. The van der Waals surface area contributed by atoms with Gasteiger partial charge in [-0.1, -0.05) is 30.3 Å². The summed E-state index contributed by atoms with van der Waals surface area (Å²) >= 11 is 0. The van der Waals surface area contributed by atoms with Crippen LogP contribution in [-0.2, 0) is 26.9 Å². The molecule has 0 radical (unpaired) electrons. The lowest BCUT2D eigenvalue weighted by molar-refractivity contribution is -0.144. The fraction of sp³-hybridized carbons (Fsp3) is 0.395. The number of aromatic nitrogens is 2. The minimum atomic E-state index is -4.66. The Balaban J connectivity index is 1.29. The molecule has 1 heterocycles. The second-order valence-electron chi connectivity index (χ2n) is 14.2. The van der Waals surface area contributed by atoms with Gasteiger partial charge in [-0.3, -0.25) is 9.59 Å². The smallest absolute Gasteiger partial charge is 0.449 e. The summed E-state index contributed by atoms with van der Waals surface area (Å²) < 4.78 is 44.9. The molecule has 1 aromatic heterocycles. The van der Waals surface area contributed by atoms with Crippen molar-refractivity contribution >= 4 is 40.6 Å².